The van der Waals surface area contributed by atoms with E-state index in [0.717, 1.165) is 5.69 Å². The van der Waals surface area contributed by atoms with E-state index >= 15 is 0 Å². The molecule has 1 aromatic rings. The molecular weight excluding hydrogens is 290 g/mol. The van der Waals surface area contributed by atoms with Crippen molar-refractivity contribution in [1.29, 1.82) is 0 Å². The number of nitrogens with one attached hydrogen (secondary N) is 1. The maximum Gasteiger partial charge on any atom is 0.279 e. The van der Waals surface area contributed by atoms with E-state index < -0.39 is 10.2 Å². The Morgan fingerprint density at radius 3 is 2.52 bits per heavy atom. The number of morpholine rings is 1. The molecule has 1 heterocycles. The standard InChI is InChI=1S/C14H23N3O3S/c1-13(16(2)14-6-4-3-5-7-14)12-15-21(18,19)17-8-10-20-11-9-17/h3-7,13,15H,8-12H2,1-2H3/t13-/m0/s1. The van der Waals surface area contributed by atoms with Gasteiger partial charge in [0.2, 0.25) is 0 Å². The van der Waals surface area contributed by atoms with Crippen LogP contribution in [0.5, 0.6) is 0 Å². The monoisotopic (exact) mass is 313 g/mol. The van der Waals surface area contributed by atoms with E-state index in [1.165, 1.54) is 4.31 Å². The van der Waals surface area contributed by atoms with Gasteiger partial charge in [-0.2, -0.15) is 12.7 Å². The minimum atomic E-state index is -3.42. The van der Waals surface area contributed by atoms with E-state index in [9.17, 15) is 8.42 Å². The molecule has 1 aliphatic heterocycles. The average molecular weight is 313 g/mol. The SMILES string of the molecule is C[C@@H](CNS(=O)(=O)N1CCOCC1)N(C)c1ccccc1. The number of benzene rings is 1. The van der Waals surface area contributed by atoms with Gasteiger partial charge in [-0.05, 0) is 19.1 Å². The van der Waals surface area contributed by atoms with Crippen molar-refractivity contribution in [3.05, 3.63) is 30.3 Å². The van der Waals surface area contributed by atoms with Gasteiger partial charge in [0.15, 0.2) is 0 Å². The van der Waals surface area contributed by atoms with Crippen LogP contribution in [0.15, 0.2) is 30.3 Å². The van der Waals surface area contributed by atoms with Crippen molar-refractivity contribution in [3.8, 4) is 0 Å². The summed E-state index contributed by atoms with van der Waals surface area (Å²) in [5.74, 6) is 0. The summed E-state index contributed by atoms with van der Waals surface area (Å²) in [6.07, 6.45) is 0. The highest BCUT2D eigenvalue weighted by molar-refractivity contribution is 7.87. The fraction of sp³-hybridized carbons (Fsp3) is 0.571. The molecular formula is C14H23N3O3S. The van der Waals surface area contributed by atoms with E-state index in [-0.39, 0.29) is 6.04 Å². The Balaban J connectivity index is 1.89. The Morgan fingerprint density at radius 1 is 1.29 bits per heavy atom. The third-order valence-corrected chi connectivity index (χ3v) is 5.27. The molecule has 6 nitrogen and oxygen atoms in total. The Kier molecular flexibility index (Phi) is 5.58. The van der Waals surface area contributed by atoms with Gasteiger partial charge in [0.25, 0.3) is 10.2 Å². The quantitative estimate of drug-likeness (QED) is 0.839. The molecule has 0 amide bonds. The van der Waals surface area contributed by atoms with E-state index in [1.807, 2.05) is 44.3 Å². The summed E-state index contributed by atoms with van der Waals surface area (Å²) in [7, 11) is -1.46. The number of hydrogen-bond acceptors (Lipinski definition) is 4. The summed E-state index contributed by atoms with van der Waals surface area (Å²) in [5, 5.41) is 0. The van der Waals surface area contributed by atoms with Crippen LogP contribution in [0.1, 0.15) is 6.92 Å². The van der Waals surface area contributed by atoms with E-state index in [0.29, 0.717) is 32.8 Å². The maximum atomic E-state index is 12.2. The molecule has 21 heavy (non-hydrogen) atoms. The summed E-state index contributed by atoms with van der Waals surface area (Å²) in [6, 6.07) is 9.97. The fourth-order valence-electron chi connectivity index (χ4n) is 2.16. The third-order valence-electron chi connectivity index (χ3n) is 3.70. The van der Waals surface area contributed by atoms with Crippen LogP contribution in [-0.4, -0.2) is 58.7 Å². The summed E-state index contributed by atoms with van der Waals surface area (Å²) in [5.41, 5.74) is 1.07. The number of para-hydroxylation sites is 1. The van der Waals surface area contributed by atoms with Gasteiger partial charge in [-0.1, -0.05) is 18.2 Å². The number of rotatable bonds is 6. The topological polar surface area (TPSA) is 61.9 Å². The fourth-order valence-corrected chi connectivity index (χ4v) is 3.42. The zero-order chi connectivity index (χ0) is 15.3. The van der Waals surface area contributed by atoms with Crippen LogP contribution in [0.4, 0.5) is 5.69 Å². The predicted octanol–water partition coefficient (Wildman–Crippen LogP) is 0.678. The molecule has 0 spiro atoms. The second-order valence-corrected chi connectivity index (χ2v) is 6.92. The molecule has 0 bridgehead atoms. The highest BCUT2D eigenvalue weighted by atomic mass is 32.2. The van der Waals surface area contributed by atoms with Crippen LogP contribution in [0.2, 0.25) is 0 Å². The molecule has 0 aromatic heterocycles. The lowest BCUT2D eigenvalue weighted by atomic mass is 10.2. The lowest BCUT2D eigenvalue weighted by Gasteiger charge is -2.30. The van der Waals surface area contributed by atoms with Gasteiger partial charge in [-0.15, -0.1) is 0 Å². The Labute approximate surface area is 126 Å². The second kappa shape index (κ2) is 7.22. The number of anilines is 1. The van der Waals surface area contributed by atoms with Crippen molar-refractivity contribution in [1.82, 2.24) is 9.03 Å². The third kappa shape index (κ3) is 4.41. The number of hydrogen-bond donors (Lipinski definition) is 1. The minimum Gasteiger partial charge on any atom is -0.379 e. The summed E-state index contributed by atoms with van der Waals surface area (Å²) >= 11 is 0. The first-order chi connectivity index (χ1) is 10.0. The Bertz CT molecular complexity index is 530. The average Bonchev–Trinajstić information content (AvgIpc) is 2.53. The Morgan fingerprint density at radius 2 is 1.90 bits per heavy atom. The van der Waals surface area contributed by atoms with Crippen LogP contribution in [0.25, 0.3) is 0 Å². The van der Waals surface area contributed by atoms with Crippen LogP contribution >= 0.6 is 0 Å². The lowest BCUT2D eigenvalue weighted by Crippen LogP contribution is -2.49. The number of ether oxygens (including phenoxy) is 1. The first-order valence-corrected chi connectivity index (χ1v) is 8.55. The minimum absolute atomic E-state index is 0.0585. The van der Waals surface area contributed by atoms with Crippen molar-refractivity contribution < 1.29 is 13.2 Å². The van der Waals surface area contributed by atoms with Gasteiger partial charge in [-0.25, -0.2) is 4.72 Å². The molecule has 1 N–H and O–H groups in total. The smallest absolute Gasteiger partial charge is 0.279 e. The first kappa shape index (κ1) is 16.2. The van der Waals surface area contributed by atoms with Gasteiger partial charge in [0, 0.05) is 38.4 Å². The highest BCUT2D eigenvalue weighted by Crippen LogP contribution is 2.14. The molecule has 1 saturated heterocycles. The molecule has 0 saturated carbocycles. The molecule has 1 fully saturated rings. The molecule has 1 atom stereocenters. The van der Waals surface area contributed by atoms with Gasteiger partial charge in [-0.3, -0.25) is 0 Å². The van der Waals surface area contributed by atoms with Gasteiger partial charge in [0.1, 0.15) is 0 Å². The zero-order valence-corrected chi connectivity index (χ0v) is 13.3. The van der Waals surface area contributed by atoms with Crippen molar-refractivity contribution >= 4 is 15.9 Å². The molecule has 0 radical (unpaired) electrons. The molecule has 2 rings (SSSR count). The summed E-state index contributed by atoms with van der Waals surface area (Å²) in [6.45, 7) is 4.11. The Hall–Kier alpha value is -1.15. The number of nitrogens with zero attached hydrogens (tertiary/aromatic N) is 2. The second-order valence-electron chi connectivity index (χ2n) is 5.16. The van der Waals surface area contributed by atoms with E-state index in [4.69, 9.17) is 4.74 Å². The summed E-state index contributed by atoms with van der Waals surface area (Å²) in [4.78, 5) is 2.06. The van der Waals surface area contributed by atoms with Gasteiger partial charge in [0.05, 0.1) is 13.2 Å². The van der Waals surface area contributed by atoms with Crippen molar-refractivity contribution in [3.63, 3.8) is 0 Å². The molecule has 0 unspecified atom stereocenters. The molecule has 7 heteroatoms. The van der Waals surface area contributed by atoms with Crippen LogP contribution < -0.4 is 9.62 Å². The summed E-state index contributed by atoms with van der Waals surface area (Å²) < 4.78 is 33.7. The van der Waals surface area contributed by atoms with Crippen LogP contribution in [0.3, 0.4) is 0 Å². The van der Waals surface area contributed by atoms with Crippen molar-refractivity contribution in [2.24, 2.45) is 0 Å². The molecule has 1 aromatic carbocycles. The molecule has 0 aliphatic carbocycles. The van der Waals surface area contributed by atoms with E-state index in [2.05, 4.69) is 9.62 Å². The first-order valence-electron chi connectivity index (χ1n) is 7.11. The van der Waals surface area contributed by atoms with Crippen LogP contribution in [-0.2, 0) is 14.9 Å². The maximum absolute atomic E-state index is 12.2. The van der Waals surface area contributed by atoms with E-state index in [1.54, 1.807) is 0 Å². The van der Waals surface area contributed by atoms with Gasteiger partial charge >= 0.3 is 0 Å². The predicted molar refractivity (Wildman–Crippen MR) is 83.6 cm³/mol. The van der Waals surface area contributed by atoms with Crippen LogP contribution in [0, 0.1) is 0 Å². The molecule has 1 aliphatic rings. The highest BCUT2D eigenvalue weighted by Gasteiger charge is 2.24. The largest absolute Gasteiger partial charge is 0.379 e. The zero-order valence-electron chi connectivity index (χ0n) is 12.5. The lowest BCUT2D eigenvalue weighted by molar-refractivity contribution is 0.0725. The normalized spacial score (nSPS) is 18.4. The molecule has 118 valence electrons. The van der Waals surface area contributed by atoms with Crippen molar-refractivity contribution in [2.75, 3.05) is 44.8 Å². The number of likely N-dealkylation sites (N-methyl/N-ethyl adjacent to an activating group) is 1. The van der Waals surface area contributed by atoms with Gasteiger partial charge < -0.3 is 9.64 Å². The van der Waals surface area contributed by atoms with Crippen molar-refractivity contribution in [2.45, 2.75) is 13.0 Å².